The average molecular weight is 429 g/mol. The molecule has 0 spiro atoms. The summed E-state index contributed by atoms with van der Waals surface area (Å²) in [5, 5.41) is 19.4. The van der Waals surface area contributed by atoms with Crippen LogP contribution in [0, 0.1) is 0 Å². The summed E-state index contributed by atoms with van der Waals surface area (Å²) in [7, 11) is 0. The van der Waals surface area contributed by atoms with Crippen molar-refractivity contribution >= 4 is 34.8 Å². The van der Waals surface area contributed by atoms with Crippen molar-refractivity contribution in [2.45, 2.75) is 0 Å². The Kier molecular flexibility index (Phi) is 5.18. The van der Waals surface area contributed by atoms with Crippen LogP contribution in [0.2, 0.25) is 15.2 Å². The van der Waals surface area contributed by atoms with Crippen LogP contribution in [0.25, 0.3) is 33.6 Å². The molecule has 7 heteroatoms. The first kappa shape index (κ1) is 18.7. The maximum atomic E-state index is 10.0. The molecule has 4 aromatic rings. The van der Waals surface area contributed by atoms with Gasteiger partial charge in [0.15, 0.2) is 5.15 Å². The molecular weight excluding hydrogens is 417 g/mol. The van der Waals surface area contributed by atoms with E-state index in [-0.39, 0.29) is 10.9 Å². The molecule has 0 bridgehead atoms. The van der Waals surface area contributed by atoms with Gasteiger partial charge in [-0.3, -0.25) is 4.98 Å². The smallest absolute Gasteiger partial charge is 0.161 e. The molecule has 138 valence electrons. The largest absolute Gasteiger partial charge is 0.508 e. The maximum absolute atomic E-state index is 10.0. The summed E-state index contributed by atoms with van der Waals surface area (Å²) < 4.78 is 0. The van der Waals surface area contributed by atoms with Crippen molar-refractivity contribution in [1.82, 2.24) is 15.2 Å². The highest BCUT2D eigenvalue weighted by Gasteiger charge is 2.23. The maximum Gasteiger partial charge on any atom is 0.161 e. The zero-order valence-electron chi connectivity index (χ0n) is 14.3. The van der Waals surface area contributed by atoms with Gasteiger partial charge in [-0.05, 0) is 23.8 Å². The van der Waals surface area contributed by atoms with E-state index < -0.39 is 0 Å². The molecule has 28 heavy (non-hydrogen) atoms. The van der Waals surface area contributed by atoms with Gasteiger partial charge in [0.1, 0.15) is 11.4 Å². The van der Waals surface area contributed by atoms with Crippen molar-refractivity contribution in [2.24, 2.45) is 0 Å². The van der Waals surface area contributed by atoms with Crippen LogP contribution in [-0.4, -0.2) is 20.3 Å². The molecule has 0 aliphatic heterocycles. The van der Waals surface area contributed by atoms with Gasteiger partial charge in [0, 0.05) is 17.3 Å². The van der Waals surface area contributed by atoms with E-state index in [0.29, 0.717) is 38.1 Å². The number of hydrogen-bond acceptors (Lipinski definition) is 4. The van der Waals surface area contributed by atoms with E-state index in [2.05, 4.69) is 15.2 Å². The fourth-order valence-corrected chi connectivity index (χ4v) is 3.67. The Morgan fingerprint density at radius 2 is 1.46 bits per heavy atom. The number of pyridine rings is 1. The van der Waals surface area contributed by atoms with Gasteiger partial charge in [-0.25, -0.2) is 0 Å². The number of nitrogens with zero attached hydrogens (tertiary/aromatic N) is 3. The van der Waals surface area contributed by atoms with Crippen molar-refractivity contribution in [1.29, 1.82) is 0 Å². The Bertz CT molecular complexity index is 1170. The molecule has 2 heterocycles. The predicted molar refractivity (Wildman–Crippen MR) is 113 cm³/mol. The fourth-order valence-electron chi connectivity index (χ4n) is 2.97. The topological polar surface area (TPSA) is 58.9 Å². The summed E-state index contributed by atoms with van der Waals surface area (Å²) in [5.41, 5.74) is 3.76. The van der Waals surface area contributed by atoms with E-state index in [1.807, 2.05) is 36.4 Å². The first-order chi connectivity index (χ1) is 13.5. The molecule has 1 N–H and O–H groups in total. The minimum Gasteiger partial charge on any atom is -0.508 e. The Balaban J connectivity index is 2.10. The van der Waals surface area contributed by atoms with Crippen LogP contribution in [0.3, 0.4) is 0 Å². The number of aromatic nitrogens is 3. The second kappa shape index (κ2) is 7.76. The van der Waals surface area contributed by atoms with Crippen molar-refractivity contribution < 1.29 is 5.11 Å². The molecule has 4 rings (SSSR count). The Labute approximate surface area is 176 Å². The van der Waals surface area contributed by atoms with Crippen molar-refractivity contribution in [3.8, 4) is 39.4 Å². The number of phenolic OH excluding ortho intramolecular Hbond substituents is 1. The van der Waals surface area contributed by atoms with E-state index in [1.165, 1.54) is 6.20 Å². The van der Waals surface area contributed by atoms with Crippen LogP contribution in [0.1, 0.15) is 0 Å². The second-order valence-corrected chi connectivity index (χ2v) is 7.19. The van der Waals surface area contributed by atoms with E-state index in [9.17, 15) is 5.11 Å². The third-order valence-corrected chi connectivity index (χ3v) is 4.92. The van der Waals surface area contributed by atoms with Crippen LogP contribution in [0.15, 0.2) is 66.9 Å². The Morgan fingerprint density at radius 3 is 2.18 bits per heavy atom. The van der Waals surface area contributed by atoms with Crippen LogP contribution in [-0.2, 0) is 0 Å². The lowest BCUT2D eigenvalue weighted by Crippen LogP contribution is -1.99. The van der Waals surface area contributed by atoms with Crippen molar-refractivity contribution in [2.75, 3.05) is 0 Å². The van der Waals surface area contributed by atoms with Crippen LogP contribution >= 0.6 is 34.8 Å². The highest BCUT2D eigenvalue weighted by atomic mass is 35.5. The van der Waals surface area contributed by atoms with Crippen molar-refractivity contribution in [3.05, 3.63) is 82.1 Å². The molecule has 0 radical (unpaired) electrons. The zero-order chi connectivity index (χ0) is 19.7. The summed E-state index contributed by atoms with van der Waals surface area (Å²) in [4.78, 5) is 4.37. The molecule has 0 saturated carbocycles. The molecule has 2 aromatic carbocycles. The summed E-state index contributed by atoms with van der Waals surface area (Å²) in [5.74, 6) is 0.116. The molecule has 0 saturated heterocycles. The molecule has 0 amide bonds. The summed E-state index contributed by atoms with van der Waals surface area (Å²) >= 11 is 18.9. The molecule has 0 aliphatic carbocycles. The number of phenols is 1. The fraction of sp³-hybridized carbons (Fsp3) is 0. The first-order valence-electron chi connectivity index (χ1n) is 8.27. The van der Waals surface area contributed by atoms with E-state index in [1.54, 1.807) is 24.3 Å². The Morgan fingerprint density at radius 1 is 0.714 bits per heavy atom. The molecule has 0 fully saturated rings. The molecule has 2 aromatic heterocycles. The molecule has 4 nitrogen and oxygen atoms in total. The quantitative estimate of drug-likeness (QED) is 0.402. The number of aromatic hydroxyl groups is 1. The van der Waals surface area contributed by atoms with Crippen LogP contribution < -0.4 is 0 Å². The zero-order valence-corrected chi connectivity index (χ0v) is 16.5. The third-order valence-electron chi connectivity index (χ3n) is 4.16. The lowest BCUT2D eigenvalue weighted by Gasteiger charge is -2.16. The standard InChI is InChI=1S/C21H12Cl3N3O/c22-14-10-16(23)20(25-11-14)18-17(13-7-4-8-15(28)9-13)19(26-27-21(18)24)12-5-2-1-3-6-12/h1-11,28H. The summed E-state index contributed by atoms with van der Waals surface area (Å²) in [6.07, 6.45) is 1.49. The molecule has 0 unspecified atom stereocenters. The van der Waals surface area contributed by atoms with Gasteiger partial charge in [-0.15, -0.1) is 10.2 Å². The van der Waals surface area contributed by atoms with E-state index >= 15 is 0 Å². The first-order valence-corrected chi connectivity index (χ1v) is 9.40. The van der Waals surface area contributed by atoms with Crippen molar-refractivity contribution in [3.63, 3.8) is 0 Å². The summed E-state index contributed by atoms with van der Waals surface area (Å²) in [6, 6.07) is 18.0. The second-order valence-electron chi connectivity index (χ2n) is 5.99. The highest BCUT2D eigenvalue weighted by Crippen LogP contribution is 2.43. The van der Waals surface area contributed by atoms with Crippen LogP contribution in [0.5, 0.6) is 5.75 Å². The van der Waals surface area contributed by atoms with Gasteiger partial charge in [-0.2, -0.15) is 0 Å². The molecule has 0 atom stereocenters. The number of hydrogen-bond donors (Lipinski definition) is 1. The van der Waals surface area contributed by atoms with Gasteiger partial charge in [0.2, 0.25) is 0 Å². The van der Waals surface area contributed by atoms with Gasteiger partial charge in [0.25, 0.3) is 0 Å². The van der Waals surface area contributed by atoms with Gasteiger partial charge in [0.05, 0.1) is 21.3 Å². The SMILES string of the molecule is Oc1cccc(-c2c(-c3ccccc3)nnc(Cl)c2-c2ncc(Cl)cc2Cl)c1. The van der Waals surface area contributed by atoms with E-state index in [4.69, 9.17) is 34.8 Å². The predicted octanol–water partition coefficient (Wildman–Crippen LogP) is 6.54. The number of benzene rings is 2. The summed E-state index contributed by atoms with van der Waals surface area (Å²) in [6.45, 7) is 0. The monoisotopic (exact) mass is 427 g/mol. The van der Waals surface area contributed by atoms with Crippen LogP contribution in [0.4, 0.5) is 0 Å². The average Bonchev–Trinajstić information content (AvgIpc) is 2.69. The minimum atomic E-state index is 0.116. The Hall–Kier alpha value is -2.66. The highest BCUT2D eigenvalue weighted by molar-refractivity contribution is 6.38. The number of rotatable bonds is 3. The number of halogens is 3. The van der Waals surface area contributed by atoms with E-state index in [0.717, 1.165) is 5.56 Å². The minimum absolute atomic E-state index is 0.116. The van der Waals surface area contributed by atoms with Gasteiger partial charge < -0.3 is 5.11 Å². The van der Waals surface area contributed by atoms with Gasteiger partial charge in [-0.1, -0.05) is 77.3 Å². The molecular formula is C21H12Cl3N3O. The lowest BCUT2D eigenvalue weighted by molar-refractivity contribution is 0.475. The normalized spacial score (nSPS) is 10.8. The lowest BCUT2D eigenvalue weighted by atomic mass is 9.94. The third kappa shape index (κ3) is 3.54. The molecule has 0 aliphatic rings. The van der Waals surface area contributed by atoms with Gasteiger partial charge >= 0.3 is 0 Å².